The Hall–Kier alpha value is -2.31. The van der Waals surface area contributed by atoms with Crippen molar-refractivity contribution in [3.8, 4) is 0 Å². The van der Waals surface area contributed by atoms with Crippen molar-refractivity contribution in [2.45, 2.75) is 19.5 Å². The van der Waals surface area contributed by atoms with Crippen LogP contribution in [0, 0.1) is 5.82 Å². The summed E-state index contributed by atoms with van der Waals surface area (Å²) in [6.45, 7) is 2.43. The summed E-state index contributed by atoms with van der Waals surface area (Å²) >= 11 is 11.4. The van der Waals surface area contributed by atoms with Gasteiger partial charge in [0.05, 0.1) is 30.1 Å². The molecular weight excluding hydrogens is 363 g/mol. The number of halogens is 2. The van der Waals surface area contributed by atoms with Crippen LogP contribution < -0.4 is 5.32 Å². The lowest BCUT2D eigenvalue weighted by molar-refractivity contribution is 0.269. The average molecular weight is 379 g/mol. The first-order valence-corrected chi connectivity index (χ1v) is 8.41. The number of hydrogen-bond acceptors (Lipinski definition) is 3. The van der Waals surface area contributed by atoms with Crippen LogP contribution in [-0.2, 0) is 6.54 Å². The van der Waals surface area contributed by atoms with E-state index in [1.54, 1.807) is 18.6 Å². The zero-order valence-corrected chi connectivity index (χ0v) is 15.0. The quantitative estimate of drug-likeness (QED) is 0.583. The molecule has 0 radical (unpaired) electrons. The summed E-state index contributed by atoms with van der Waals surface area (Å²) in [5.41, 5.74) is 0.604. The second kappa shape index (κ2) is 7.72. The predicted molar refractivity (Wildman–Crippen MR) is 99.0 cm³/mol. The third-order valence-corrected chi connectivity index (χ3v) is 4.39. The van der Waals surface area contributed by atoms with Gasteiger partial charge in [0, 0.05) is 5.69 Å². The Labute approximate surface area is 155 Å². The topological polar surface area (TPSA) is 41.6 Å². The summed E-state index contributed by atoms with van der Waals surface area (Å²) in [6, 6.07) is 11.6. The highest BCUT2D eigenvalue weighted by Gasteiger charge is 2.22. The van der Waals surface area contributed by atoms with Crippen molar-refractivity contribution < 1.29 is 13.2 Å². The predicted octanol–water partition coefficient (Wildman–Crippen LogP) is 5.63. The van der Waals surface area contributed by atoms with E-state index in [4.69, 9.17) is 32.7 Å². The molecule has 0 spiro atoms. The molecular formula is C18H16ClFN2O2S. The molecule has 1 N–H and O–H groups in total. The maximum atomic E-state index is 13.3. The van der Waals surface area contributed by atoms with Crippen LogP contribution in [0.25, 0.3) is 0 Å². The molecule has 1 aromatic carbocycles. The van der Waals surface area contributed by atoms with Crippen LogP contribution in [0.4, 0.5) is 10.1 Å². The molecule has 1 unspecified atom stereocenters. The fourth-order valence-electron chi connectivity index (χ4n) is 2.41. The van der Waals surface area contributed by atoms with Crippen molar-refractivity contribution in [1.82, 2.24) is 4.90 Å². The number of rotatable bonds is 5. The summed E-state index contributed by atoms with van der Waals surface area (Å²) in [7, 11) is 0. The van der Waals surface area contributed by atoms with Gasteiger partial charge in [0.25, 0.3) is 0 Å². The molecule has 2 aromatic heterocycles. The standard InChI is InChI=1S/C18H16ClFN2O2S/c1-12(17-5-3-9-24-17)22(11-14-4-2-8-23-14)18(25)21-13-6-7-16(20)15(19)10-13/h2-10,12H,11H2,1H3,(H,21,25). The Kier molecular flexibility index (Phi) is 5.40. The molecule has 0 saturated heterocycles. The lowest BCUT2D eigenvalue weighted by Crippen LogP contribution is -2.36. The van der Waals surface area contributed by atoms with Crippen LogP contribution in [0.3, 0.4) is 0 Å². The molecule has 1 atom stereocenters. The fourth-order valence-corrected chi connectivity index (χ4v) is 2.93. The van der Waals surface area contributed by atoms with Crippen LogP contribution in [0.1, 0.15) is 24.5 Å². The third kappa shape index (κ3) is 4.21. The number of nitrogens with one attached hydrogen (secondary N) is 1. The van der Waals surface area contributed by atoms with Crippen molar-refractivity contribution in [2.24, 2.45) is 0 Å². The smallest absolute Gasteiger partial charge is 0.174 e. The number of thiocarbonyl (C=S) groups is 1. The van der Waals surface area contributed by atoms with Crippen molar-refractivity contribution in [3.63, 3.8) is 0 Å². The van der Waals surface area contributed by atoms with E-state index in [2.05, 4.69) is 5.32 Å². The molecule has 2 heterocycles. The van der Waals surface area contributed by atoms with Crippen LogP contribution in [0.15, 0.2) is 63.8 Å². The van der Waals surface area contributed by atoms with Gasteiger partial charge in [0.15, 0.2) is 5.11 Å². The first-order valence-electron chi connectivity index (χ1n) is 7.63. The monoisotopic (exact) mass is 378 g/mol. The normalized spacial score (nSPS) is 12.0. The van der Waals surface area contributed by atoms with E-state index in [0.29, 0.717) is 17.3 Å². The molecule has 0 aliphatic rings. The molecule has 0 aliphatic carbocycles. The molecule has 130 valence electrons. The highest BCUT2D eigenvalue weighted by molar-refractivity contribution is 7.80. The van der Waals surface area contributed by atoms with E-state index >= 15 is 0 Å². The van der Waals surface area contributed by atoms with E-state index in [1.165, 1.54) is 12.1 Å². The van der Waals surface area contributed by atoms with E-state index in [0.717, 1.165) is 11.5 Å². The van der Waals surface area contributed by atoms with Gasteiger partial charge in [-0.25, -0.2) is 4.39 Å². The average Bonchev–Trinajstić information content (AvgIpc) is 3.28. The van der Waals surface area contributed by atoms with Gasteiger partial charge >= 0.3 is 0 Å². The maximum Gasteiger partial charge on any atom is 0.174 e. The molecule has 0 fully saturated rings. The number of nitrogens with zero attached hydrogens (tertiary/aromatic N) is 1. The molecule has 3 rings (SSSR count). The van der Waals surface area contributed by atoms with Crippen LogP contribution in [0.5, 0.6) is 0 Å². The number of hydrogen-bond donors (Lipinski definition) is 1. The molecule has 25 heavy (non-hydrogen) atoms. The summed E-state index contributed by atoms with van der Waals surface area (Å²) in [4.78, 5) is 1.92. The minimum atomic E-state index is -0.477. The van der Waals surface area contributed by atoms with E-state index in [1.807, 2.05) is 36.1 Å². The van der Waals surface area contributed by atoms with Crippen molar-refractivity contribution in [2.75, 3.05) is 5.32 Å². The third-order valence-electron chi connectivity index (χ3n) is 3.76. The van der Waals surface area contributed by atoms with Gasteiger partial charge in [-0.2, -0.15) is 0 Å². The second-order valence-electron chi connectivity index (χ2n) is 5.46. The molecule has 0 amide bonds. The molecule has 0 bridgehead atoms. The number of benzene rings is 1. The summed E-state index contributed by atoms with van der Waals surface area (Å²) in [5, 5.41) is 3.57. The van der Waals surface area contributed by atoms with Crippen LogP contribution in [-0.4, -0.2) is 10.0 Å². The fraction of sp³-hybridized carbons (Fsp3) is 0.167. The Morgan fingerprint density at radius 1 is 1.24 bits per heavy atom. The van der Waals surface area contributed by atoms with Crippen molar-refractivity contribution in [3.05, 3.63) is 77.4 Å². The summed E-state index contributed by atoms with van der Waals surface area (Å²) in [5.74, 6) is 1.06. The van der Waals surface area contributed by atoms with Crippen molar-refractivity contribution in [1.29, 1.82) is 0 Å². The molecule has 4 nitrogen and oxygen atoms in total. The second-order valence-corrected chi connectivity index (χ2v) is 6.25. The lowest BCUT2D eigenvalue weighted by atomic mass is 10.2. The Balaban J connectivity index is 1.82. The zero-order valence-electron chi connectivity index (χ0n) is 13.4. The Bertz CT molecular complexity index is 837. The van der Waals surface area contributed by atoms with Gasteiger partial charge in [0.2, 0.25) is 0 Å². The highest BCUT2D eigenvalue weighted by atomic mass is 35.5. The SMILES string of the molecule is CC(c1ccco1)N(Cc1ccco1)C(=S)Nc1ccc(F)c(Cl)c1. The van der Waals surface area contributed by atoms with E-state index < -0.39 is 5.82 Å². The maximum absolute atomic E-state index is 13.3. The zero-order chi connectivity index (χ0) is 17.8. The largest absolute Gasteiger partial charge is 0.467 e. The van der Waals surface area contributed by atoms with Gasteiger partial charge in [-0.15, -0.1) is 0 Å². The summed E-state index contributed by atoms with van der Waals surface area (Å²) in [6.07, 6.45) is 3.23. The lowest BCUT2D eigenvalue weighted by Gasteiger charge is -2.30. The molecule has 0 saturated carbocycles. The first kappa shape index (κ1) is 17.5. The minimum absolute atomic E-state index is 0.0319. The number of furan rings is 2. The Morgan fingerprint density at radius 2 is 2.00 bits per heavy atom. The molecule has 0 aliphatic heterocycles. The Morgan fingerprint density at radius 3 is 2.64 bits per heavy atom. The van der Waals surface area contributed by atoms with Gasteiger partial charge < -0.3 is 19.1 Å². The highest BCUT2D eigenvalue weighted by Crippen LogP contribution is 2.25. The minimum Gasteiger partial charge on any atom is -0.467 e. The van der Waals surface area contributed by atoms with E-state index in [9.17, 15) is 4.39 Å². The van der Waals surface area contributed by atoms with Crippen molar-refractivity contribution >= 4 is 34.6 Å². The van der Waals surface area contributed by atoms with Crippen LogP contribution >= 0.6 is 23.8 Å². The van der Waals surface area contributed by atoms with Gasteiger partial charge in [-0.05, 0) is 61.6 Å². The van der Waals surface area contributed by atoms with Gasteiger partial charge in [0.1, 0.15) is 17.3 Å². The van der Waals surface area contributed by atoms with E-state index in [-0.39, 0.29) is 11.1 Å². The molecule has 3 aromatic rings. The number of anilines is 1. The van der Waals surface area contributed by atoms with Crippen LogP contribution in [0.2, 0.25) is 5.02 Å². The summed E-state index contributed by atoms with van der Waals surface area (Å²) < 4.78 is 24.3. The van der Waals surface area contributed by atoms with Gasteiger partial charge in [-0.1, -0.05) is 11.6 Å². The molecule has 7 heteroatoms. The van der Waals surface area contributed by atoms with Gasteiger partial charge in [-0.3, -0.25) is 0 Å². The first-order chi connectivity index (χ1) is 12.0.